The van der Waals surface area contributed by atoms with Crippen LogP contribution in [0.3, 0.4) is 0 Å². The van der Waals surface area contributed by atoms with Crippen LogP contribution in [0.25, 0.3) is 0 Å². The Bertz CT molecular complexity index is 273. The topological polar surface area (TPSA) is 65.7 Å². The Morgan fingerprint density at radius 2 is 2.27 bits per heavy atom. The fourth-order valence-corrected chi connectivity index (χ4v) is 0.759. The molecule has 0 atom stereocenters. The van der Waals surface area contributed by atoms with E-state index in [0.717, 1.165) is 0 Å². The van der Waals surface area contributed by atoms with Gasteiger partial charge in [0.05, 0.1) is 7.11 Å². The van der Waals surface area contributed by atoms with E-state index in [1.165, 1.54) is 25.3 Å². The molecule has 0 fully saturated rings. The van der Waals surface area contributed by atoms with E-state index in [4.69, 9.17) is 15.4 Å². The Balaban J connectivity index is 3.16. The molecule has 0 aromatic heterocycles. The summed E-state index contributed by atoms with van der Waals surface area (Å²) in [5.41, 5.74) is 7.13. The van der Waals surface area contributed by atoms with Crippen molar-refractivity contribution in [3.63, 3.8) is 0 Å². The van der Waals surface area contributed by atoms with E-state index < -0.39 is 0 Å². The van der Waals surface area contributed by atoms with E-state index in [1.807, 2.05) is 0 Å². The summed E-state index contributed by atoms with van der Waals surface area (Å²) in [6.45, 7) is 0. The predicted molar refractivity (Wildman–Crippen MR) is 39.5 cm³/mol. The molecule has 0 aliphatic rings. The largest absolute Gasteiger partial charge is 0.508 e. The lowest BCUT2D eigenvalue weighted by Gasteiger charge is -2.01. The molecule has 4 nitrogen and oxygen atoms in total. The molecule has 1 aromatic carbocycles. The standard InChI is InChI=1S/C7H8N2O2/c1-11-7-4-5(10)2-3-6(7)9-8/h2-4,8,10H,1H3. The van der Waals surface area contributed by atoms with Crippen LogP contribution in [0.4, 0.5) is 5.69 Å². The van der Waals surface area contributed by atoms with Gasteiger partial charge < -0.3 is 9.84 Å². The molecule has 0 aliphatic carbocycles. The van der Waals surface area contributed by atoms with E-state index in [1.54, 1.807) is 0 Å². The summed E-state index contributed by atoms with van der Waals surface area (Å²) >= 11 is 0. The van der Waals surface area contributed by atoms with E-state index >= 15 is 0 Å². The Morgan fingerprint density at radius 3 is 2.82 bits per heavy atom. The van der Waals surface area contributed by atoms with E-state index in [-0.39, 0.29) is 5.75 Å². The zero-order chi connectivity index (χ0) is 8.27. The lowest BCUT2D eigenvalue weighted by molar-refractivity contribution is 0.408. The number of benzene rings is 1. The van der Waals surface area contributed by atoms with Crippen molar-refractivity contribution in [2.24, 2.45) is 5.11 Å². The molecule has 1 aromatic rings. The molecule has 0 spiro atoms. The lowest BCUT2D eigenvalue weighted by atomic mass is 10.3. The third kappa shape index (κ3) is 1.46. The van der Waals surface area contributed by atoms with Crippen LogP contribution in [-0.4, -0.2) is 12.2 Å². The molecule has 2 N–H and O–H groups in total. The first-order valence-corrected chi connectivity index (χ1v) is 3.02. The monoisotopic (exact) mass is 152 g/mol. The summed E-state index contributed by atoms with van der Waals surface area (Å²) in [4.78, 5) is 0. The van der Waals surface area contributed by atoms with Crippen LogP contribution in [0.1, 0.15) is 0 Å². The van der Waals surface area contributed by atoms with Crippen molar-refractivity contribution in [2.45, 2.75) is 0 Å². The average Bonchev–Trinajstić information content (AvgIpc) is 2.04. The average molecular weight is 152 g/mol. The van der Waals surface area contributed by atoms with Gasteiger partial charge in [0, 0.05) is 6.07 Å². The third-order valence-corrected chi connectivity index (χ3v) is 1.28. The molecule has 0 unspecified atom stereocenters. The first-order valence-electron chi connectivity index (χ1n) is 3.02. The first kappa shape index (κ1) is 7.53. The molecule has 0 bridgehead atoms. The number of ether oxygens (including phenoxy) is 1. The van der Waals surface area contributed by atoms with Gasteiger partial charge in [-0.25, -0.2) is 5.53 Å². The predicted octanol–water partition coefficient (Wildman–Crippen LogP) is 2.06. The summed E-state index contributed by atoms with van der Waals surface area (Å²) in [5, 5.41) is 12.2. The number of phenolic OH excluding ortho intramolecular Hbond substituents is 1. The van der Waals surface area contributed by atoms with Crippen LogP contribution in [0.5, 0.6) is 11.5 Å². The smallest absolute Gasteiger partial charge is 0.150 e. The zero-order valence-electron chi connectivity index (χ0n) is 6.03. The molecule has 0 radical (unpaired) electrons. The number of rotatable bonds is 2. The minimum Gasteiger partial charge on any atom is -0.508 e. The Kier molecular flexibility index (Phi) is 2.06. The normalized spacial score (nSPS) is 9.18. The molecule has 0 saturated carbocycles. The second kappa shape index (κ2) is 3.01. The van der Waals surface area contributed by atoms with Gasteiger partial charge >= 0.3 is 0 Å². The number of aromatic hydroxyl groups is 1. The molecule has 0 aliphatic heterocycles. The fraction of sp³-hybridized carbons (Fsp3) is 0.143. The van der Waals surface area contributed by atoms with Crippen molar-refractivity contribution in [2.75, 3.05) is 7.11 Å². The van der Waals surface area contributed by atoms with Gasteiger partial charge in [0.2, 0.25) is 0 Å². The highest BCUT2D eigenvalue weighted by atomic mass is 16.5. The Hall–Kier alpha value is -1.58. The van der Waals surface area contributed by atoms with Gasteiger partial charge in [0.25, 0.3) is 0 Å². The van der Waals surface area contributed by atoms with Crippen molar-refractivity contribution >= 4 is 5.69 Å². The van der Waals surface area contributed by atoms with Gasteiger partial charge in [-0.3, -0.25) is 0 Å². The number of nitrogens with one attached hydrogen (secondary N) is 1. The Morgan fingerprint density at radius 1 is 1.55 bits per heavy atom. The number of phenols is 1. The lowest BCUT2D eigenvalue weighted by Crippen LogP contribution is -1.81. The van der Waals surface area contributed by atoms with Gasteiger partial charge in [0.15, 0.2) is 0 Å². The summed E-state index contributed by atoms with van der Waals surface area (Å²) in [5.74, 6) is 0.509. The highest BCUT2D eigenvalue weighted by molar-refractivity contribution is 5.53. The summed E-state index contributed by atoms with van der Waals surface area (Å²) < 4.78 is 4.84. The summed E-state index contributed by atoms with van der Waals surface area (Å²) in [6, 6.07) is 4.38. The number of hydrogen-bond acceptors (Lipinski definition) is 4. The number of hydrogen-bond donors (Lipinski definition) is 2. The van der Waals surface area contributed by atoms with E-state index in [0.29, 0.717) is 11.4 Å². The second-order valence-electron chi connectivity index (χ2n) is 1.97. The molecule has 0 saturated heterocycles. The maximum absolute atomic E-state index is 8.98. The van der Waals surface area contributed by atoms with Crippen molar-refractivity contribution in [1.82, 2.24) is 0 Å². The van der Waals surface area contributed by atoms with Crippen molar-refractivity contribution in [1.29, 1.82) is 5.53 Å². The molecular weight excluding hydrogens is 144 g/mol. The fourth-order valence-electron chi connectivity index (χ4n) is 0.759. The first-order chi connectivity index (χ1) is 5.27. The van der Waals surface area contributed by atoms with Crippen molar-refractivity contribution < 1.29 is 9.84 Å². The summed E-state index contributed by atoms with van der Waals surface area (Å²) in [6.07, 6.45) is 0. The quantitative estimate of drug-likeness (QED) is 0.637. The summed E-state index contributed by atoms with van der Waals surface area (Å²) in [7, 11) is 1.46. The Labute approximate surface area is 63.9 Å². The van der Waals surface area contributed by atoms with Crippen LogP contribution in [-0.2, 0) is 0 Å². The van der Waals surface area contributed by atoms with Crippen LogP contribution in [0.2, 0.25) is 0 Å². The van der Waals surface area contributed by atoms with Gasteiger partial charge in [-0.1, -0.05) is 0 Å². The third-order valence-electron chi connectivity index (χ3n) is 1.28. The van der Waals surface area contributed by atoms with Gasteiger partial charge in [-0.2, -0.15) is 5.11 Å². The molecule has 11 heavy (non-hydrogen) atoms. The number of nitrogens with zero attached hydrogens (tertiary/aromatic N) is 1. The van der Waals surface area contributed by atoms with Crippen molar-refractivity contribution in [3.8, 4) is 11.5 Å². The van der Waals surface area contributed by atoms with E-state index in [2.05, 4.69) is 5.11 Å². The molecule has 0 heterocycles. The van der Waals surface area contributed by atoms with Crippen LogP contribution >= 0.6 is 0 Å². The highest BCUT2D eigenvalue weighted by Gasteiger charge is 2.00. The van der Waals surface area contributed by atoms with Crippen molar-refractivity contribution in [3.05, 3.63) is 18.2 Å². The SMILES string of the molecule is COc1cc(O)ccc1N=N. The maximum Gasteiger partial charge on any atom is 0.150 e. The minimum absolute atomic E-state index is 0.106. The molecule has 4 heteroatoms. The van der Waals surface area contributed by atoms with Gasteiger partial charge in [-0.15, -0.1) is 0 Å². The molecule has 0 amide bonds. The van der Waals surface area contributed by atoms with Gasteiger partial charge in [0.1, 0.15) is 17.2 Å². The van der Waals surface area contributed by atoms with Crippen LogP contribution < -0.4 is 4.74 Å². The molecular formula is C7H8N2O2. The zero-order valence-corrected chi connectivity index (χ0v) is 6.03. The van der Waals surface area contributed by atoms with Crippen LogP contribution in [0.15, 0.2) is 23.3 Å². The second-order valence-corrected chi connectivity index (χ2v) is 1.97. The molecule has 1 rings (SSSR count). The van der Waals surface area contributed by atoms with Gasteiger partial charge in [-0.05, 0) is 12.1 Å². The maximum atomic E-state index is 8.98. The van der Waals surface area contributed by atoms with Crippen LogP contribution in [0, 0.1) is 5.53 Å². The molecule has 58 valence electrons. The van der Waals surface area contributed by atoms with E-state index in [9.17, 15) is 0 Å². The highest BCUT2D eigenvalue weighted by Crippen LogP contribution is 2.30. The minimum atomic E-state index is 0.106. The number of methoxy groups -OCH3 is 1.